The number of aryl methyl sites for hydroxylation is 2. The zero-order valence-corrected chi connectivity index (χ0v) is 12.5. The van der Waals surface area contributed by atoms with Crippen molar-refractivity contribution in [3.05, 3.63) is 46.8 Å². The summed E-state index contributed by atoms with van der Waals surface area (Å²) in [6, 6.07) is 7.43. The van der Waals surface area contributed by atoms with Crippen molar-refractivity contribution in [1.29, 1.82) is 0 Å². The SMILES string of the molecule is COC(=O)Cc1ccc(OCCc2c(C)noc2C)cc1. The molecule has 2 aromatic rings. The van der Waals surface area contributed by atoms with Crippen molar-refractivity contribution in [3.63, 3.8) is 0 Å². The van der Waals surface area contributed by atoms with Crippen LogP contribution in [0, 0.1) is 13.8 Å². The van der Waals surface area contributed by atoms with Crippen LogP contribution in [0.2, 0.25) is 0 Å². The quantitative estimate of drug-likeness (QED) is 0.765. The predicted octanol–water partition coefficient (Wildman–Crippen LogP) is 2.63. The number of benzene rings is 1. The third-order valence-corrected chi connectivity index (χ3v) is 3.30. The summed E-state index contributed by atoms with van der Waals surface area (Å²) in [5.74, 6) is 1.36. The van der Waals surface area contributed by atoms with Crippen LogP contribution in [0.25, 0.3) is 0 Å². The minimum Gasteiger partial charge on any atom is -0.493 e. The molecule has 0 saturated heterocycles. The molecule has 0 N–H and O–H groups in total. The van der Waals surface area contributed by atoms with Crippen molar-refractivity contribution in [3.8, 4) is 5.75 Å². The Morgan fingerprint density at radius 2 is 1.95 bits per heavy atom. The monoisotopic (exact) mass is 289 g/mol. The van der Waals surface area contributed by atoms with E-state index in [4.69, 9.17) is 9.26 Å². The number of ether oxygens (including phenoxy) is 2. The van der Waals surface area contributed by atoms with Crippen molar-refractivity contribution in [2.24, 2.45) is 0 Å². The van der Waals surface area contributed by atoms with Crippen LogP contribution in [-0.4, -0.2) is 24.8 Å². The number of hydrogen-bond donors (Lipinski definition) is 0. The van der Waals surface area contributed by atoms with E-state index in [2.05, 4.69) is 9.89 Å². The summed E-state index contributed by atoms with van der Waals surface area (Å²) in [6.07, 6.45) is 1.03. The molecule has 0 saturated carbocycles. The van der Waals surface area contributed by atoms with Crippen LogP contribution in [-0.2, 0) is 22.4 Å². The molecule has 0 fully saturated rings. The maximum atomic E-state index is 11.2. The Balaban J connectivity index is 1.85. The second-order valence-corrected chi connectivity index (χ2v) is 4.80. The van der Waals surface area contributed by atoms with Gasteiger partial charge in [-0.05, 0) is 31.5 Å². The second-order valence-electron chi connectivity index (χ2n) is 4.80. The Kier molecular flexibility index (Phi) is 4.98. The molecule has 0 aliphatic carbocycles. The Morgan fingerprint density at radius 3 is 2.52 bits per heavy atom. The lowest BCUT2D eigenvalue weighted by molar-refractivity contribution is -0.139. The molecule has 0 aliphatic rings. The van der Waals surface area contributed by atoms with Crippen LogP contribution in [0.15, 0.2) is 28.8 Å². The molecule has 1 aromatic carbocycles. The van der Waals surface area contributed by atoms with Gasteiger partial charge in [-0.15, -0.1) is 0 Å². The molecular formula is C16H19NO4. The van der Waals surface area contributed by atoms with E-state index in [-0.39, 0.29) is 12.4 Å². The van der Waals surface area contributed by atoms with E-state index in [1.807, 2.05) is 38.1 Å². The minimum atomic E-state index is -0.248. The molecule has 1 heterocycles. The summed E-state index contributed by atoms with van der Waals surface area (Å²) < 4.78 is 15.4. The molecule has 0 radical (unpaired) electrons. The van der Waals surface area contributed by atoms with Gasteiger partial charge >= 0.3 is 5.97 Å². The maximum Gasteiger partial charge on any atom is 0.309 e. The largest absolute Gasteiger partial charge is 0.493 e. The predicted molar refractivity (Wildman–Crippen MR) is 77.3 cm³/mol. The van der Waals surface area contributed by atoms with Crippen LogP contribution in [0.4, 0.5) is 0 Å². The third kappa shape index (κ3) is 4.08. The first-order valence-electron chi connectivity index (χ1n) is 6.80. The molecule has 21 heavy (non-hydrogen) atoms. The average Bonchev–Trinajstić information content (AvgIpc) is 2.80. The number of esters is 1. The van der Waals surface area contributed by atoms with Crippen molar-refractivity contribution < 1.29 is 18.8 Å². The Hall–Kier alpha value is -2.30. The van der Waals surface area contributed by atoms with Crippen molar-refractivity contribution in [2.75, 3.05) is 13.7 Å². The van der Waals surface area contributed by atoms with E-state index in [9.17, 15) is 4.79 Å². The lowest BCUT2D eigenvalue weighted by Crippen LogP contribution is -2.05. The minimum absolute atomic E-state index is 0.248. The lowest BCUT2D eigenvalue weighted by Gasteiger charge is -2.07. The first kappa shape index (κ1) is 15.1. The Bertz CT molecular complexity index is 582. The summed E-state index contributed by atoms with van der Waals surface area (Å²) in [4.78, 5) is 11.2. The molecule has 0 spiro atoms. The van der Waals surface area contributed by atoms with Crippen LogP contribution >= 0.6 is 0 Å². The van der Waals surface area contributed by atoms with Gasteiger partial charge in [-0.25, -0.2) is 0 Å². The molecule has 5 heteroatoms. The highest BCUT2D eigenvalue weighted by Crippen LogP contribution is 2.16. The number of rotatable bonds is 6. The molecule has 2 rings (SSSR count). The smallest absolute Gasteiger partial charge is 0.309 e. The van der Waals surface area contributed by atoms with Gasteiger partial charge in [-0.1, -0.05) is 17.3 Å². The number of aromatic nitrogens is 1. The molecule has 1 aromatic heterocycles. The van der Waals surface area contributed by atoms with Gasteiger partial charge in [0.1, 0.15) is 11.5 Å². The summed E-state index contributed by atoms with van der Waals surface area (Å²) >= 11 is 0. The standard InChI is InChI=1S/C16H19NO4/c1-11-15(12(2)21-17-11)8-9-20-14-6-4-13(5-7-14)10-16(18)19-3/h4-7H,8-10H2,1-3H3. The fourth-order valence-electron chi connectivity index (χ4n) is 2.07. The van der Waals surface area contributed by atoms with Gasteiger partial charge in [-0.2, -0.15) is 0 Å². The Labute approximate surface area is 123 Å². The molecule has 112 valence electrons. The van der Waals surface area contributed by atoms with Gasteiger partial charge in [0.2, 0.25) is 0 Å². The fourth-order valence-corrected chi connectivity index (χ4v) is 2.07. The highest BCUT2D eigenvalue weighted by molar-refractivity contribution is 5.72. The number of hydrogen-bond acceptors (Lipinski definition) is 5. The molecule has 0 amide bonds. The van der Waals surface area contributed by atoms with E-state index >= 15 is 0 Å². The van der Waals surface area contributed by atoms with E-state index in [1.54, 1.807) is 0 Å². The van der Waals surface area contributed by atoms with Crippen LogP contribution in [0.1, 0.15) is 22.6 Å². The average molecular weight is 289 g/mol. The van der Waals surface area contributed by atoms with Crippen LogP contribution in [0.5, 0.6) is 5.75 Å². The van der Waals surface area contributed by atoms with Gasteiger partial charge in [-0.3, -0.25) is 4.79 Å². The number of methoxy groups -OCH3 is 1. The molecule has 0 bridgehead atoms. The van der Waals surface area contributed by atoms with Gasteiger partial charge in [0.15, 0.2) is 0 Å². The zero-order valence-electron chi connectivity index (χ0n) is 12.5. The van der Waals surface area contributed by atoms with Gasteiger partial charge in [0, 0.05) is 12.0 Å². The van der Waals surface area contributed by atoms with Crippen molar-refractivity contribution in [1.82, 2.24) is 5.16 Å². The van der Waals surface area contributed by atoms with E-state index in [1.165, 1.54) is 7.11 Å². The molecule has 5 nitrogen and oxygen atoms in total. The lowest BCUT2D eigenvalue weighted by atomic mass is 10.1. The summed E-state index contributed by atoms with van der Waals surface area (Å²) in [5.41, 5.74) is 2.90. The van der Waals surface area contributed by atoms with Gasteiger partial charge in [0.05, 0.1) is 25.8 Å². The normalized spacial score (nSPS) is 10.4. The van der Waals surface area contributed by atoms with Crippen LogP contribution < -0.4 is 4.74 Å². The summed E-state index contributed by atoms with van der Waals surface area (Å²) in [5, 5.41) is 3.91. The van der Waals surface area contributed by atoms with Crippen molar-refractivity contribution >= 4 is 5.97 Å². The summed E-state index contributed by atoms with van der Waals surface area (Å²) in [7, 11) is 1.38. The zero-order chi connectivity index (χ0) is 15.2. The van der Waals surface area contributed by atoms with Gasteiger partial charge < -0.3 is 14.0 Å². The maximum absolute atomic E-state index is 11.2. The first-order valence-corrected chi connectivity index (χ1v) is 6.80. The third-order valence-electron chi connectivity index (χ3n) is 3.30. The highest BCUT2D eigenvalue weighted by atomic mass is 16.5. The van der Waals surface area contributed by atoms with Gasteiger partial charge in [0.25, 0.3) is 0 Å². The molecule has 0 atom stereocenters. The summed E-state index contributed by atoms with van der Waals surface area (Å²) in [6.45, 7) is 4.38. The van der Waals surface area contributed by atoms with E-state index in [0.717, 1.165) is 34.8 Å². The van der Waals surface area contributed by atoms with Crippen LogP contribution in [0.3, 0.4) is 0 Å². The molecular weight excluding hydrogens is 270 g/mol. The first-order chi connectivity index (χ1) is 10.1. The molecule has 0 aliphatic heterocycles. The topological polar surface area (TPSA) is 61.6 Å². The van der Waals surface area contributed by atoms with E-state index < -0.39 is 0 Å². The number of nitrogens with zero attached hydrogens (tertiary/aromatic N) is 1. The van der Waals surface area contributed by atoms with Crippen molar-refractivity contribution in [2.45, 2.75) is 26.7 Å². The van der Waals surface area contributed by atoms with E-state index in [0.29, 0.717) is 6.61 Å². The number of carbonyl (C=O) groups excluding carboxylic acids is 1. The number of carbonyl (C=O) groups is 1. The highest BCUT2D eigenvalue weighted by Gasteiger charge is 2.08. The molecule has 0 unspecified atom stereocenters. The fraction of sp³-hybridized carbons (Fsp3) is 0.375. The second kappa shape index (κ2) is 6.92. The Morgan fingerprint density at radius 1 is 1.24 bits per heavy atom.